The molecule has 0 saturated heterocycles. The minimum atomic E-state index is -1.40. The lowest BCUT2D eigenvalue weighted by atomic mass is 10.1. The molecule has 12 rings (SSSR count). The van der Waals surface area contributed by atoms with Crippen LogP contribution in [-0.2, 0) is 0 Å². The minimum absolute atomic E-state index is 0.0104. The number of aromatic amines is 1. The number of pyridine rings is 3. The van der Waals surface area contributed by atoms with Gasteiger partial charge in [-0.2, -0.15) is 17.7 Å². The summed E-state index contributed by atoms with van der Waals surface area (Å²) in [5.74, 6) is -11.4. The van der Waals surface area contributed by atoms with E-state index in [-0.39, 0.29) is 73.9 Å². The normalized spacial score (nSPS) is 13.2. The number of Topliss-reactive ketones (excluding diaryl/α,β-unsaturated/α-hetero) is 1. The number of hydrogen-bond donors (Lipinski definition) is 1. The number of aromatic nitrogens is 9. The van der Waals surface area contributed by atoms with Gasteiger partial charge < -0.3 is 33.0 Å². The van der Waals surface area contributed by atoms with Crippen LogP contribution in [-0.4, -0.2) is 111 Å². The van der Waals surface area contributed by atoms with Crippen LogP contribution in [0.25, 0.3) is 32.7 Å². The van der Waals surface area contributed by atoms with Crippen molar-refractivity contribution in [2.45, 2.75) is 56.7 Å². The molecule has 6 aromatic heterocycles. The van der Waals surface area contributed by atoms with Crippen LogP contribution in [0.4, 0.5) is 31.1 Å². The number of nitrogens with zero attached hydrogens (tertiary/aromatic N) is 10. The molecule has 0 atom stereocenters. The van der Waals surface area contributed by atoms with Crippen LogP contribution >= 0.6 is 0 Å². The number of hydrogen-bond acceptors (Lipinski definition) is 16. The second-order valence-corrected chi connectivity index (χ2v) is 19.0. The number of rotatable bonds is 11. The van der Waals surface area contributed by atoms with Crippen LogP contribution in [0.3, 0.4) is 0 Å². The number of fused-ring (bicyclic) bond motifs is 3. The van der Waals surface area contributed by atoms with Gasteiger partial charge >= 0.3 is 12.0 Å². The fourth-order valence-corrected chi connectivity index (χ4v) is 8.91. The largest absolute Gasteiger partial charge is 0.491 e. The molecule has 448 valence electrons. The van der Waals surface area contributed by atoms with Gasteiger partial charge in [-0.05, 0) is 56.7 Å². The van der Waals surface area contributed by atoms with Gasteiger partial charge in [0.05, 0.1) is 59.6 Å². The predicted molar refractivity (Wildman–Crippen MR) is 286 cm³/mol. The molecular weight excluding hydrogens is 1160 g/mol. The highest BCUT2D eigenvalue weighted by molar-refractivity contribution is 6.01. The van der Waals surface area contributed by atoms with Gasteiger partial charge in [0.25, 0.3) is 18.8 Å². The summed E-state index contributed by atoms with van der Waals surface area (Å²) in [7, 11) is 4.42. The zero-order valence-corrected chi connectivity index (χ0v) is 45.2. The molecule has 0 unspecified atom stereocenters. The molecule has 0 spiro atoms. The lowest BCUT2D eigenvalue weighted by Crippen LogP contribution is -2.24. The molecule has 2 N–H and O–H groups in total. The average Bonchev–Trinajstić information content (AvgIpc) is 1.34. The monoisotopic (exact) mass is 1200 g/mol. The summed E-state index contributed by atoms with van der Waals surface area (Å²) in [6.07, 6.45) is 22.0. The van der Waals surface area contributed by atoms with Crippen LogP contribution in [0.15, 0.2) is 107 Å². The lowest BCUT2D eigenvalue weighted by Gasteiger charge is -2.16. The summed E-state index contributed by atoms with van der Waals surface area (Å²) in [6, 6.07) is 1.95. The van der Waals surface area contributed by atoms with Crippen molar-refractivity contribution in [1.29, 1.82) is 0 Å². The summed E-state index contributed by atoms with van der Waals surface area (Å²) >= 11 is 0. The maximum atomic E-state index is 14.1. The maximum absolute atomic E-state index is 14.1. The highest BCUT2D eigenvalue weighted by Gasteiger charge is 2.34. The van der Waals surface area contributed by atoms with E-state index in [4.69, 9.17) is 29.4 Å². The number of ketones is 1. The van der Waals surface area contributed by atoms with E-state index in [1.807, 2.05) is 0 Å². The Morgan fingerprint density at radius 3 is 1.31 bits per heavy atom. The highest BCUT2D eigenvalue weighted by Crippen LogP contribution is 2.43. The average molecular weight is 1200 g/mol. The number of aromatic carboxylic acids is 1. The molecule has 32 heteroatoms. The number of H-pyrrole nitrogens is 1. The molecule has 3 saturated carbocycles. The van der Waals surface area contributed by atoms with Crippen LogP contribution in [0, 0.1) is 55.1 Å². The number of nitro groups is 2. The predicted octanol–water partition coefficient (Wildman–Crippen LogP) is 6.82. The van der Waals surface area contributed by atoms with Crippen molar-refractivity contribution in [3.8, 4) is 17.2 Å². The number of nitrogens with one attached hydrogen (secondary N) is 1. The van der Waals surface area contributed by atoms with E-state index in [1.54, 1.807) is 35.7 Å². The molecule has 26 nitrogen and oxygen atoms in total. The third-order valence-corrected chi connectivity index (χ3v) is 13.2. The summed E-state index contributed by atoms with van der Waals surface area (Å²) in [6.45, 7) is -1.05. The Labute approximate surface area is 476 Å². The number of carbonyl (C=O) groups excluding carboxylic acids is 3. The third-order valence-electron chi connectivity index (χ3n) is 13.2. The van der Waals surface area contributed by atoms with E-state index < -0.39 is 102 Å². The van der Waals surface area contributed by atoms with Crippen LogP contribution < -0.4 is 35.5 Å². The van der Waals surface area contributed by atoms with Crippen molar-refractivity contribution >= 4 is 56.4 Å². The quantitative estimate of drug-likeness (QED) is 0.0601. The fraction of sp³-hybridized carbons (Fsp3) is 0.259. The molecule has 6 heterocycles. The van der Waals surface area contributed by atoms with Crippen molar-refractivity contribution in [1.82, 2.24) is 37.4 Å². The molecule has 9 aromatic rings. The fourth-order valence-electron chi connectivity index (χ4n) is 8.91. The first-order valence-corrected chi connectivity index (χ1v) is 25.3. The molecule has 0 amide bonds. The van der Waals surface area contributed by atoms with Gasteiger partial charge in [0, 0.05) is 71.4 Å². The summed E-state index contributed by atoms with van der Waals surface area (Å²) in [5.41, 5.74) is -3.14. The van der Waals surface area contributed by atoms with Crippen LogP contribution in [0.2, 0.25) is 0 Å². The molecule has 0 radical (unpaired) electrons. The Bertz CT molecular complexity index is 4310. The number of methoxy groups -OCH3 is 3. The van der Waals surface area contributed by atoms with E-state index in [0.29, 0.717) is 6.07 Å². The summed E-state index contributed by atoms with van der Waals surface area (Å²) < 4.78 is 107. The molecule has 3 aromatic carbocycles. The Kier molecular flexibility index (Phi) is 18.1. The Hall–Kier alpha value is -10.8. The van der Waals surface area contributed by atoms with E-state index >= 15 is 0 Å². The van der Waals surface area contributed by atoms with Crippen molar-refractivity contribution in [2.24, 2.45) is 0 Å². The molecule has 3 aliphatic rings. The third kappa shape index (κ3) is 12.7. The first-order valence-electron chi connectivity index (χ1n) is 25.3. The second-order valence-electron chi connectivity index (χ2n) is 19.0. The SMILES string of the molecule is COc1c(F)c(F)cc2c(=O)c(C(=O)C[N+](=O)[O-])cn(C3CC3)c12.COc1c(F)c(F)cc2c(=O)c(C(=O)O)cn(C3CC3)c12.COc1c(F)c(F)cc2c(=O)c(C(=O)n3ccnc3)cn(C3CC3)c12.C[N+](=O)[O-].O=C(n1ccnc1)n1cc[nH+]c1. The number of carboxylic acid groups (broad SMARTS) is 1. The van der Waals surface area contributed by atoms with Gasteiger partial charge in [-0.3, -0.25) is 48.8 Å². The lowest BCUT2D eigenvalue weighted by molar-refractivity contribution is -0.465. The standard InChI is InChI=1S/C17H13F2N3O3.C15H12F2N2O5.C14H11F2NO4.C7H6N4O.CH3NO2/c1-25-16-13(19)12(18)6-10-14(16)22(9-2-3-9)7-11(15(10)23)17(24)21-5-4-20-8-21;1-24-15-12(17)10(16)4-8-13(15)18(7-2-3-7)5-9(14(8)21)11(20)6-19(22)23;1-21-13-10(16)9(15)4-7-11(13)17(6-2-3-6)5-8(12(7)18)14(19)20;12-7(10-3-1-8-5-10)11-4-2-9-6-11;1-2(3)4/h4-9H,2-3H2,1H3;4-5,7H,2-3,6H2,1H3;4-6H,2-3H2,1H3,(H,19,20);1-6H;1H3/p+1. The van der Waals surface area contributed by atoms with Gasteiger partial charge in [0.15, 0.2) is 41.7 Å². The number of halogens is 6. The first kappa shape index (κ1) is 61.3. The van der Waals surface area contributed by atoms with Crippen molar-refractivity contribution < 1.29 is 79.7 Å². The second kappa shape index (κ2) is 25.4. The Morgan fingerprint density at radius 1 is 0.605 bits per heavy atom. The van der Waals surface area contributed by atoms with Crippen molar-refractivity contribution in [2.75, 3.05) is 34.9 Å². The highest BCUT2D eigenvalue weighted by atomic mass is 19.2. The molecule has 86 heavy (non-hydrogen) atoms. The van der Waals surface area contributed by atoms with Crippen LogP contribution in [0.5, 0.6) is 17.2 Å². The molecular formula is C54H46F6N11O15+. The van der Waals surface area contributed by atoms with Crippen molar-refractivity contribution in [3.05, 3.63) is 195 Å². The van der Waals surface area contributed by atoms with Gasteiger partial charge in [-0.1, -0.05) is 0 Å². The smallest absolute Gasteiger partial charge is 0.425 e. The van der Waals surface area contributed by atoms with E-state index in [9.17, 15) is 70.0 Å². The maximum Gasteiger partial charge on any atom is 0.425 e. The van der Waals surface area contributed by atoms with Gasteiger partial charge in [-0.15, -0.1) is 0 Å². The van der Waals surface area contributed by atoms with E-state index in [1.165, 1.54) is 76.1 Å². The molecule has 0 bridgehead atoms. The minimum Gasteiger partial charge on any atom is -0.491 e. The topological polar surface area (TPSA) is 323 Å². The summed E-state index contributed by atoms with van der Waals surface area (Å²) in [4.78, 5) is 113. The number of imidazole rings is 3. The van der Waals surface area contributed by atoms with Gasteiger partial charge in [-0.25, -0.2) is 42.3 Å². The molecule has 3 aliphatic carbocycles. The van der Waals surface area contributed by atoms with E-state index in [0.717, 1.165) is 69.4 Å². The number of carbonyl (C=O) groups is 4. The number of benzene rings is 3. The zero-order chi connectivity index (χ0) is 62.6. The molecule has 0 aliphatic heterocycles. The first-order chi connectivity index (χ1) is 40.9. The number of carboxylic acids is 1. The zero-order valence-electron chi connectivity index (χ0n) is 45.2. The molecule has 3 fully saturated rings. The Morgan fingerprint density at radius 2 is 0.977 bits per heavy atom. The van der Waals surface area contributed by atoms with Gasteiger partial charge in [0.2, 0.25) is 39.5 Å². The number of ether oxygens (including phenoxy) is 3. The van der Waals surface area contributed by atoms with E-state index in [2.05, 4.69) is 15.0 Å². The van der Waals surface area contributed by atoms with Crippen LogP contribution in [0.1, 0.15) is 87.7 Å². The summed E-state index contributed by atoms with van der Waals surface area (Å²) in [5, 5.41) is 27.9. The van der Waals surface area contributed by atoms with Crippen molar-refractivity contribution in [3.63, 3.8) is 0 Å². The van der Waals surface area contributed by atoms with Gasteiger partial charge in [0.1, 0.15) is 36.2 Å². The Balaban J connectivity index is 0.000000149.